The second-order valence-corrected chi connectivity index (χ2v) is 7.88. The summed E-state index contributed by atoms with van der Waals surface area (Å²) in [4.78, 5) is 31.4. The molecule has 1 heterocycles. The zero-order valence-corrected chi connectivity index (χ0v) is 18.9. The zero-order chi connectivity index (χ0) is 22.9. The number of hydrogen-bond donors (Lipinski definition) is 1. The van der Waals surface area contributed by atoms with Crippen LogP contribution < -0.4 is 10.2 Å². The smallest absolute Gasteiger partial charge is 0.253 e. The number of nitriles is 1. The Morgan fingerprint density at radius 2 is 1.78 bits per heavy atom. The fourth-order valence-electron chi connectivity index (χ4n) is 3.96. The number of benzene rings is 2. The van der Waals surface area contributed by atoms with E-state index in [0.717, 1.165) is 38.3 Å². The van der Waals surface area contributed by atoms with Gasteiger partial charge in [-0.15, -0.1) is 0 Å². The molecule has 3 rings (SSSR count). The summed E-state index contributed by atoms with van der Waals surface area (Å²) in [6.45, 7) is 8.91. The Morgan fingerprint density at radius 3 is 2.47 bits per heavy atom. The van der Waals surface area contributed by atoms with Gasteiger partial charge in [-0.05, 0) is 62.7 Å². The van der Waals surface area contributed by atoms with Crippen molar-refractivity contribution < 1.29 is 9.59 Å². The lowest BCUT2D eigenvalue weighted by Gasteiger charge is -2.23. The monoisotopic (exact) mass is 433 g/mol. The lowest BCUT2D eigenvalue weighted by atomic mass is 10.1. The molecule has 2 amide bonds. The maximum absolute atomic E-state index is 12.7. The van der Waals surface area contributed by atoms with E-state index in [0.29, 0.717) is 36.4 Å². The van der Waals surface area contributed by atoms with Crippen molar-refractivity contribution >= 4 is 23.2 Å². The van der Waals surface area contributed by atoms with Crippen LogP contribution >= 0.6 is 0 Å². The number of amides is 2. The number of anilines is 2. The minimum absolute atomic E-state index is 0.0264. The third-order valence-electron chi connectivity index (χ3n) is 5.76. The standard InChI is InChI=1S/C25H31N5O2/c1-3-29(4-2)25(32)21-7-5-8-22(17-21)27-24(31)19-28-13-6-14-30(16-15-28)23-11-9-20(18-26)10-12-23/h5,7-12,17H,3-4,6,13-16,19H2,1-2H3,(H,27,31). The van der Waals surface area contributed by atoms with Crippen LogP contribution in [-0.4, -0.2) is 67.4 Å². The molecule has 1 aliphatic rings. The summed E-state index contributed by atoms with van der Waals surface area (Å²) < 4.78 is 0. The maximum Gasteiger partial charge on any atom is 0.253 e. The van der Waals surface area contributed by atoms with Crippen molar-refractivity contribution in [1.82, 2.24) is 9.80 Å². The first-order valence-electron chi connectivity index (χ1n) is 11.2. The van der Waals surface area contributed by atoms with E-state index < -0.39 is 0 Å². The van der Waals surface area contributed by atoms with Gasteiger partial charge in [0.1, 0.15) is 0 Å². The molecule has 1 N–H and O–H groups in total. The fourth-order valence-corrected chi connectivity index (χ4v) is 3.96. The lowest BCUT2D eigenvalue weighted by Crippen LogP contribution is -2.36. The van der Waals surface area contributed by atoms with Crippen molar-refractivity contribution in [3.63, 3.8) is 0 Å². The first kappa shape index (κ1) is 23.3. The highest BCUT2D eigenvalue weighted by atomic mass is 16.2. The van der Waals surface area contributed by atoms with Crippen LogP contribution in [0, 0.1) is 11.3 Å². The summed E-state index contributed by atoms with van der Waals surface area (Å²) in [6.07, 6.45) is 0.959. The third-order valence-corrected chi connectivity index (χ3v) is 5.76. The molecule has 0 unspecified atom stereocenters. The third kappa shape index (κ3) is 6.08. The molecule has 32 heavy (non-hydrogen) atoms. The molecule has 2 aromatic carbocycles. The van der Waals surface area contributed by atoms with E-state index in [1.54, 1.807) is 23.1 Å². The van der Waals surface area contributed by atoms with E-state index in [9.17, 15) is 9.59 Å². The Hall–Kier alpha value is -3.37. The average Bonchev–Trinajstić information content (AvgIpc) is 3.05. The Labute approximate surface area is 190 Å². The normalized spacial score (nSPS) is 14.3. The summed E-state index contributed by atoms with van der Waals surface area (Å²) in [7, 11) is 0. The second kappa shape index (κ2) is 11.3. The van der Waals surface area contributed by atoms with Crippen molar-refractivity contribution in [2.24, 2.45) is 0 Å². The molecule has 7 heteroatoms. The Kier molecular flexibility index (Phi) is 8.23. The minimum atomic E-state index is -0.0794. The SMILES string of the molecule is CCN(CC)C(=O)c1cccc(NC(=O)CN2CCCN(c3ccc(C#N)cc3)CC2)c1. The Bertz CT molecular complexity index is 963. The number of nitrogens with zero attached hydrogens (tertiary/aromatic N) is 4. The second-order valence-electron chi connectivity index (χ2n) is 7.88. The molecule has 1 aliphatic heterocycles. The van der Waals surface area contributed by atoms with Gasteiger partial charge in [-0.25, -0.2) is 0 Å². The highest BCUT2D eigenvalue weighted by Gasteiger charge is 2.18. The van der Waals surface area contributed by atoms with E-state index in [-0.39, 0.29) is 11.8 Å². The summed E-state index contributed by atoms with van der Waals surface area (Å²) in [5.41, 5.74) is 2.98. The van der Waals surface area contributed by atoms with Gasteiger partial charge in [-0.2, -0.15) is 5.26 Å². The van der Waals surface area contributed by atoms with E-state index >= 15 is 0 Å². The first-order chi connectivity index (χ1) is 15.5. The van der Waals surface area contributed by atoms with Crippen molar-refractivity contribution in [3.05, 3.63) is 59.7 Å². The molecule has 7 nitrogen and oxygen atoms in total. The molecular formula is C25H31N5O2. The largest absolute Gasteiger partial charge is 0.370 e. The van der Waals surface area contributed by atoms with Gasteiger partial charge in [0.2, 0.25) is 5.91 Å². The fraction of sp³-hybridized carbons (Fsp3) is 0.400. The number of rotatable bonds is 7. The number of nitrogens with one attached hydrogen (secondary N) is 1. The molecule has 168 valence electrons. The topological polar surface area (TPSA) is 79.7 Å². The molecule has 0 radical (unpaired) electrons. The van der Waals surface area contributed by atoms with Gasteiger partial charge in [0, 0.05) is 56.2 Å². The average molecular weight is 434 g/mol. The molecule has 0 atom stereocenters. The van der Waals surface area contributed by atoms with Gasteiger partial charge in [-0.3, -0.25) is 14.5 Å². The Balaban J connectivity index is 1.54. The minimum Gasteiger partial charge on any atom is -0.370 e. The van der Waals surface area contributed by atoms with Crippen LogP contribution in [0.4, 0.5) is 11.4 Å². The lowest BCUT2D eigenvalue weighted by molar-refractivity contribution is -0.117. The van der Waals surface area contributed by atoms with Crippen LogP contribution in [0.3, 0.4) is 0 Å². The molecule has 0 saturated carbocycles. The predicted octanol–water partition coefficient (Wildman–Crippen LogP) is 3.19. The number of hydrogen-bond acceptors (Lipinski definition) is 5. The van der Waals surface area contributed by atoms with Crippen LogP contribution in [0.1, 0.15) is 36.2 Å². The number of carbonyl (C=O) groups is 2. The summed E-state index contributed by atoms with van der Waals surface area (Å²) in [5, 5.41) is 11.9. The van der Waals surface area contributed by atoms with Crippen LogP contribution in [0.5, 0.6) is 0 Å². The molecular weight excluding hydrogens is 402 g/mol. The van der Waals surface area contributed by atoms with E-state index in [1.807, 2.05) is 44.2 Å². The van der Waals surface area contributed by atoms with Crippen LogP contribution in [0.15, 0.2) is 48.5 Å². The van der Waals surface area contributed by atoms with E-state index in [1.165, 1.54) is 0 Å². The molecule has 0 aliphatic carbocycles. The molecule has 0 bridgehead atoms. The van der Waals surface area contributed by atoms with Gasteiger partial charge in [0.15, 0.2) is 0 Å². The van der Waals surface area contributed by atoms with E-state index in [2.05, 4.69) is 21.2 Å². The first-order valence-corrected chi connectivity index (χ1v) is 11.2. The summed E-state index contributed by atoms with van der Waals surface area (Å²) in [6, 6.07) is 16.9. The summed E-state index contributed by atoms with van der Waals surface area (Å²) in [5.74, 6) is -0.106. The van der Waals surface area contributed by atoms with Crippen molar-refractivity contribution in [3.8, 4) is 6.07 Å². The van der Waals surface area contributed by atoms with E-state index in [4.69, 9.17) is 5.26 Å². The van der Waals surface area contributed by atoms with Crippen LogP contribution in [-0.2, 0) is 4.79 Å². The van der Waals surface area contributed by atoms with Gasteiger partial charge < -0.3 is 15.1 Å². The number of carbonyl (C=O) groups excluding carboxylic acids is 2. The Morgan fingerprint density at radius 1 is 1.03 bits per heavy atom. The van der Waals surface area contributed by atoms with Gasteiger partial charge in [0.25, 0.3) is 5.91 Å². The van der Waals surface area contributed by atoms with Gasteiger partial charge in [0.05, 0.1) is 18.2 Å². The predicted molar refractivity (Wildman–Crippen MR) is 127 cm³/mol. The molecule has 2 aromatic rings. The van der Waals surface area contributed by atoms with Gasteiger partial charge in [-0.1, -0.05) is 6.07 Å². The zero-order valence-electron chi connectivity index (χ0n) is 18.9. The van der Waals surface area contributed by atoms with Crippen molar-refractivity contribution in [2.75, 3.05) is 56.0 Å². The molecule has 1 saturated heterocycles. The maximum atomic E-state index is 12.7. The molecule has 0 aromatic heterocycles. The molecule has 1 fully saturated rings. The molecule has 0 spiro atoms. The van der Waals surface area contributed by atoms with Crippen LogP contribution in [0.25, 0.3) is 0 Å². The highest BCUT2D eigenvalue weighted by Crippen LogP contribution is 2.18. The summed E-state index contributed by atoms with van der Waals surface area (Å²) >= 11 is 0. The van der Waals surface area contributed by atoms with Crippen molar-refractivity contribution in [2.45, 2.75) is 20.3 Å². The highest BCUT2D eigenvalue weighted by molar-refractivity contribution is 5.97. The van der Waals surface area contributed by atoms with Crippen LogP contribution in [0.2, 0.25) is 0 Å². The van der Waals surface area contributed by atoms with Gasteiger partial charge >= 0.3 is 0 Å². The van der Waals surface area contributed by atoms with Crippen molar-refractivity contribution in [1.29, 1.82) is 5.26 Å². The quantitative estimate of drug-likeness (QED) is 0.725.